The van der Waals surface area contributed by atoms with Crippen LogP contribution >= 0.6 is 0 Å². The molecule has 2 N–H and O–H groups in total. The Morgan fingerprint density at radius 2 is 1.69 bits per heavy atom. The number of anilines is 1. The van der Waals surface area contributed by atoms with Gasteiger partial charge in [-0.2, -0.15) is 5.10 Å². The Bertz CT molecular complexity index is 1290. The van der Waals surface area contributed by atoms with E-state index in [9.17, 15) is 9.59 Å². The summed E-state index contributed by atoms with van der Waals surface area (Å²) in [5.41, 5.74) is 4.63. The number of aromatic nitrogens is 2. The van der Waals surface area contributed by atoms with E-state index >= 15 is 0 Å². The van der Waals surface area contributed by atoms with Gasteiger partial charge in [0.05, 0.1) is 31.9 Å². The van der Waals surface area contributed by atoms with Crippen molar-refractivity contribution in [2.24, 2.45) is 0 Å². The van der Waals surface area contributed by atoms with E-state index in [1.807, 2.05) is 36.4 Å². The number of ketones is 1. The number of fused-ring (bicyclic) bond motifs is 1. The van der Waals surface area contributed by atoms with Gasteiger partial charge >= 0.3 is 0 Å². The highest BCUT2D eigenvalue weighted by molar-refractivity contribution is 5.99. The molecule has 4 aromatic rings. The summed E-state index contributed by atoms with van der Waals surface area (Å²) in [6.45, 7) is 1.54. The predicted octanol–water partition coefficient (Wildman–Crippen LogP) is 4.63. The summed E-state index contributed by atoms with van der Waals surface area (Å²) >= 11 is 0. The first-order valence-electron chi connectivity index (χ1n) is 10.1. The molecule has 1 amide bonds. The van der Waals surface area contributed by atoms with Crippen LogP contribution in [0.15, 0.2) is 60.7 Å². The number of aromatic amines is 1. The van der Waals surface area contributed by atoms with E-state index in [4.69, 9.17) is 9.47 Å². The average Bonchev–Trinajstić information content (AvgIpc) is 3.22. The Kier molecular flexibility index (Phi) is 5.89. The second kappa shape index (κ2) is 8.93. The number of amides is 1. The number of Topliss-reactive ketones (excluding diaryl/α,β-unsaturated/α-hetero) is 1. The maximum Gasteiger partial charge on any atom is 0.228 e. The number of hydrogen-bond donors (Lipinski definition) is 2. The number of rotatable bonds is 7. The third-order valence-electron chi connectivity index (χ3n) is 5.22. The van der Waals surface area contributed by atoms with Crippen LogP contribution in [-0.4, -0.2) is 36.1 Å². The number of carbonyl (C=O) groups excluding carboxylic acids is 2. The van der Waals surface area contributed by atoms with Crippen molar-refractivity contribution in [1.82, 2.24) is 10.2 Å². The normalized spacial score (nSPS) is 10.7. The van der Waals surface area contributed by atoms with Crippen molar-refractivity contribution in [2.75, 3.05) is 19.5 Å². The molecule has 3 aromatic carbocycles. The molecule has 32 heavy (non-hydrogen) atoms. The molecule has 0 aliphatic heterocycles. The highest BCUT2D eigenvalue weighted by Crippen LogP contribution is 2.30. The van der Waals surface area contributed by atoms with E-state index < -0.39 is 0 Å². The Balaban J connectivity index is 1.54. The molecule has 0 saturated heterocycles. The van der Waals surface area contributed by atoms with Crippen LogP contribution < -0.4 is 14.8 Å². The monoisotopic (exact) mass is 429 g/mol. The first kappa shape index (κ1) is 21.1. The Morgan fingerprint density at radius 3 is 2.38 bits per heavy atom. The highest BCUT2D eigenvalue weighted by atomic mass is 16.5. The fraction of sp³-hybridized carbons (Fsp3) is 0.160. The molecule has 0 spiro atoms. The lowest BCUT2D eigenvalue weighted by molar-refractivity contribution is -0.115. The molecular weight excluding hydrogens is 406 g/mol. The quantitative estimate of drug-likeness (QED) is 0.418. The SMILES string of the molecule is COc1ccc(CC(=O)Nc2ccc3[nH]nc(-c4ccc(C(C)=O)cc4)c3c2)cc1OC. The van der Waals surface area contributed by atoms with Gasteiger partial charge in [-0.05, 0) is 42.8 Å². The van der Waals surface area contributed by atoms with Crippen LogP contribution in [-0.2, 0) is 11.2 Å². The van der Waals surface area contributed by atoms with Gasteiger partial charge < -0.3 is 14.8 Å². The largest absolute Gasteiger partial charge is 0.493 e. The minimum absolute atomic E-state index is 0.0166. The summed E-state index contributed by atoms with van der Waals surface area (Å²) in [6.07, 6.45) is 0.198. The molecule has 7 nitrogen and oxygen atoms in total. The summed E-state index contributed by atoms with van der Waals surface area (Å²) in [7, 11) is 3.13. The molecule has 4 rings (SSSR count). The van der Waals surface area contributed by atoms with E-state index in [1.54, 1.807) is 38.5 Å². The molecule has 0 atom stereocenters. The summed E-state index contributed by atoms with van der Waals surface area (Å²) in [5, 5.41) is 11.3. The molecule has 0 aliphatic carbocycles. The molecule has 7 heteroatoms. The summed E-state index contributed by atoms with van der Waals surface area (Å²) in [6, 6.07) is 18.3. The number of methoxy groups -OCH3 is 2. The molecule has 1 aromatic heterocycles. The maximum absolute atomic E-state index is 12.6. The average molecular weight is 429 g/mol. The lowest BCUT2D eigenvalue weighted by Crippen LogP contribution is -2.14. The topological polar surface area (TPSA) is 93.3 Å². The first-order valence-corrected chi connectivity index (χ1v) is 10.1. The van der Waals surface area contributed by atoms with Gasteiger partial charge in [0.15, 0.2) is 17.3 Å². The van der Waals surface area contributed by atoms with Crippen LogP contribution in [0.5, 0.6) is 11.5 Å². The van der Waals surface area contributed by atoms with Crippen LogP contribution in [0.1, 0.15) is 22.8 Å². The third kappa shape index (κ3) is 4.32. The van der Waals surface area contributed by atoms with Crippen molar-refractivity contribution in [3.05, 3.63) is 71.8 Å². The van der Waals surface area contributed by atoms with Crippen LogP contribution in [0.3, 0.4) is 0 Å². The van der Waals surface area contributed by atoms with Crippen molar-refractivity contribution >= 4 is 28.3 Å². The standard InChI is InChI=1S/C25H23N3O4/c1-15(29)17-5-7-18(8-6-17)25-20-14-19(9-10-21(20)27-28-25)26-24(30)13-16-4-11-22(31-2)23(12-16)32-3/h4-12,14H,13H2,1-3H3,(H,26,30)(H,27,28). The van der Waals surface area contributed by atoms with Crippen molar-refractivity contribution < 1.29 is 19.1 Å². The number of ether oxygens (including phenoxy) is 2. The van der Waals surface area contributed by atoms with Gasteiger partial charge in [0.25, 0.3) is 0 Å². The van der Waals surface area contributed by atoms with Crippen molar-refractivity contribution in [3.8, 4) is 22.8 Å². The van der Waals surface area contributed by atoms with Crippen molar-refractivity contribution in [1.29, 1.82) is 0 Å². The van der Waals surface area contributed by atoms with E-state index in [1.165, 1.54) is 6.92 Å². The molecule has 0 fully saturated rings. The number of benzene rings is 3. The Labute approximate surface area is 185 Å². The van der Waals surface area contributed by atoms with Gasteiger partial charge in [-0.1, -0.05) is 30.3 Å². The molecule has 0 bridgehead atoms. The summed E-state index contributed by atoms with van der Waals surface area (Å²) < 4.78 is 10.5. The molecule has 162 valence electrons. The van der Waals surface area contributed by atoms with Crippen molar-refractivity contribution in [3.63, 3.8) is 0 Å². The van der Waals surface area contributed by atoms with Crippen molar-refractivity contribution in [2.45, 2.75) is 13.3 Å². The molecule has 0 unspecified atom stereocenters. The van der Waals surface area contributed by atoms with Crippen LogP contribution in [0, 0.1) is 0 Å². The Morgan fingerprint density at radius 1 is 0.938 bits per heavy atom. The maximum atomic E-state index is 12.6. The van der Waals surface area contributed by atoms with E-state index in [0.29, 0.717) is 22.7 Å². The fourth-order valence-corrected chi connectivity index (χ4v) is 3.56. The smallest absolute Gasteiger partial charge is 0.228 e. The number of H-pyrrole nitrogens is 1. The third-order valence-corrected chi connectivity index (χ3v) is 5.22. The van der Waals surface area contributed by atoms with E-state index in [0.717, 1.165) is 27.7 Å². The zero-order chi connectivity index (χ0) is 22.7. The lowest BCUT2D eigenvalue weighted by atomic mass is 10.0. The summed E-state index contributed by atoms with van der Waals surface area (Å²) in [4.78, 5) is 24.2. The van der Waals surface area contributed by atoms with Crippen LogP contribution in [0.25, 0.3) is 22.2 Å². The molecule has 1 heterocycles. The number of nitrogens with one attached hydrogen (secondary N) is 2. The highest BCUT2D eigenvalue weighted by Gasteiger charge is 2.12. The second-order valence-corrected chi connectivity index (χ2v) is 7.38. The zero-order valence-electron chi connectivity index (χ0n) is 18.1. The number of hydrogen-bond acceptors (Lipinski definition) is 5. The molecule has 0 aliphatic rings. The molecule has 0 saturated carbocycles. The number of nitrogens with zero attached hydrogens (tertiary/aromatic N) is 1. The van der Waals surface area contributed by atoms with Gasteiger partial charge in [0.1, 0.15) is 0 Å². The minimum atomic E-state index is -0.146. The lowest BCUT2D eigenvalue weighted by Gasteiger charge is -2.10. The first-order chi connectivity index (χ1) is 15.5. The van der Waals surface area contributed by atoms with Gasteiger partial charge in [0, 0.05) is 22.2 Å². The van der Waals surface area contributed by atoms with Crippen LogP contribution in [0.2, 0.25) is 0 Å². The van der Waals surface area contributed by atoms with Crippen LogP contribution in [0.4, 0.5) is 5.69 Å². The van der Waals surface area contributed by atoms with Gasteiger partial charge in [-0.25, -0.2) is 0 Å². The predicted molar refractivity (Wildman–Crippen MR) is 123 cm³/mol. The zero-order valence-corrected chi connectivity index (χ0v) is 18.1. The van der Waals surface area contributed by atoms with Gasteiger partial charge in [0.2, 0.25) is 5.91 Å². The molecule has 0 radical (unpaired) electrons. The Hall–Kier alpha value is -4.13. The van der Waals surface area contributed by atoms with Gasteiger partial charge in [-0.15, -0.1) is 0 Å². The van der Waals surface area contributed by atoms with Gasteiger partial charge in [-0.3, -0.25) is 14.7 Å². The van der Waals surface area contributed by atoms with E-state index in [-0.39, 0.29) is 18.1 Å². The summed E-state index contributed by atoms with van der Waals surface area (Å²) in [5.74, 6) is 1.07. The fourth-order valence-electron chi connectivity index (χ4n) is 3.56. The minimum Gasteiger partial charge on any atom is -0.493 e. The van der Waals surface area contributed by atoms with E-state index in [2.05, 4.69) is 15.5 Å². The second-order valence-electron chi connectivity index (χ2n) is 7.38. The molecular formula is C25H23N3O4. The number of carbonyl (C=O) groups is 2.